The number of hydrogen-bond donors (Lipinski definition) is 2. The molecule has 3 aliphatic carbocycles. The average Bonchev–Trinajstić information content (AvgIpc) is 3.65. The second-order valence-electron chi connectivity index (χ2n) is 11.9. The summed E-state index contributed by atoms with van der Waals surface area (Å²) in [7, 11) is 2.28. The van der Waals surface area contributed by atoms with E-state index in [1.165, 1.54) is 50.4 Å². The number of dihydropyridines is 1. The fourth-order valence-electron chi connectivity index (χ4n) is 8.17. The van der Waals surface area contributed by atoms with Crippen LogP contribution in [0.15, 0.2) is 126 Å². The summed E-state index contributed by atoms with van der Waals surface area (Å²) in [6.07, 6.45) is 22.8. The number of para-hydroxylation sites is 1. The van der Waals surface area contributed by atoms with E-state index in [2.05, 4.69) is 133 Å². The largest absolute Gasteiger partial charge is 0.385 e. The van der Waals surface area contributed by atoms with E-state index in [4.69, 9.17) is 0 Å². The zero-order valence-electron chi connectivity index (χ0n) is 22.7. The maximum Gasteiger partial charge on any atom is 0.0667 e. The Bertz CT molecular complexity index is 1590. The molecule has 0 saturated carbocycles. The van der Waals surface area contributed by atoms with Gasteiger partial charge in [-0.3, -0.25) is 4.90 Å². The van der Waals surface area contributed by atoms with E-state index in [1.807, 2.05) is 0 Å². The Morgan fingerprint density at radius 2 is 1.77 bits per heavy atom. The molecule has 8 rings (SSSR count). The molecule has 0 saturated heterocycles. The van der Waals surface area contributed by atoms with Crippen LogP contribution in [0.5, 0.6) is 0 Å². The summed E-state index contributed by atoms with van der Waals surface area (Å²) in [6, 6.07) is 18.6. The van der Waals surface area contributed by atoms with Crippen molar-refractivity contribution in [3.8, 4) is 0 Å². The number of nitrogens with one attached hydrogen (secondary N) is 2. The first-order valence-corrected chi connectivity index (χ1v) is 14.4. The Labute approximate surface area is 231 Å². The third kappa shape index (κ3) is 3.20. The van der Waals surface area contributed by atoms with Crippen LogP contribution >= 0.6 is 0 Å². The fourth-order valence-corrected chi connectivity index (χ4v) is 8.17. The quantitative estimate of drug-likeness (QED) is 0.454. The maximum atomic E-state index is 3.77. The third-order valence-electron chi connectivity index (χ3n) is 9.90. The lowest BCUT2D eigenvalue weighted by molar-refractivity contribution is 0.268. The molecule has 0 aromatic heterocycles. The van der Waals surface area contributed by atoms with E-state index in [0.717, 1.165) is 19.5 Å². The highest BCUT2D eigenvalue weighted by molar-refractivity contribution is 5.88. The molecule has 0 fully saturated rings. The molecule has 3 aliphatic heterocycles. The molecule has 3 nitrogen and oxygen atoms in total. The van der Waals surface area contributed by atoms with E-state index >= 15 is 0 Å². The molecule has 3 heterocycles. The molecule has 0 spiro atoms. The number of benzene rings is 2. The molecular formula is C36H35N3. The number of nitrogens with zero attached hydrogens (tertiary/aromatic N) is 1. The van der Waals surface area contributed by atoms with Gasteiger partial charge in [-0.25, -0.2) is 0 Å². The van der Waals surface area contributed by atoms with Crippen LogP contribution in [0.25, 0.3) is 5.57 Å². The van der Waals surface area contributed by atoms with E-state index in [9.17, 15) is 0 Å². The second-order valence-corrected chi connectivity index (χ2v) is 11.9. The van der Waals surface area contributed by atoms with E-state index in [1.54, 1.807) is 0 Å². The summed E-state index contributed by atoms with van der Waals surface area (Å²) in [5.74, 6) is 0.805. The first-order chi connectivity index (χ1) is 19.2. The standard InChI is InChI=1S/C36H35N3/c1-23-30(12-7-19-37-23)36(35-14-8-20-39(35)2)31-11-5-3-9-26(31)29-21-24(16-18-32(29)36)25-15-17-28-27-10-4-6-13-33(27)38-34(28)22-25/h3-18,22,24,28,34-35,37-38H,19-21H2,1-2H3. The molecule has 3 heteroatoms. The lowest BCUT2D eigenvalue weighted by Crippen LogP contribution is -2.48. The van der Waals surface area contributed by atoms with Gasteiger partial charge < -0.3 is 10.6 Å². The van der Waals surface area contributed by atoms with Gasteiger partial charge in [0.1, 0.15) is 0 Å². The summed E-state index contributed by atoms with van der Waals surface area (Å²) in [4.78, 5) is 2.52. The minimum Gasteiger partial charge on any atom is -0.385 e. The predicted molar refractivity (Wildman–Crippen MR) is 162 cm³/mol. The van der Waals surface area contributed by atoms with E-state index in [-0.39, 0.29) is 11.5 Å². The Hall–Kier alpha value is -3.82. The van der Waals surface area contributed by atoms with Crippen molar-refractivity contribution >= 4 is 11.3 Å². The summed E-state index contributed by atoms with van der Waals surface area (Å²) >= 11 is 0. The van der Waals surface area contributed by atoms with Crippen molar-refractivity contribution in [2.24, 2.45) is 5.92 Å². The first kappa shape index (κ1) is 23.1. The molecule has 2 aromatic rings. The number of rotatable bonds is 3. The van der Waals surface area contributed by atoms with E-state index < -0.39 is 0 Å². The van der Waals surface area contributed by atoms with Crippen LogP contribution in [0.1, 0.15) is 36.0 Å². The Balaban J connectivity index is 1.23. The normalized spacial score (nSPS) is 32.0. The average molecular weight is 510 g/mol. The Morgan fingerprint density at radius 3 is 2.64 bits per heavy atom. The zero-order valence-corrected chi connectivity index (χ0v) is 22.7. The minimum atomic E-state index is -0.223. The van der Waals surface area contributed by atoms with Crippen LogP contribution < -0.4 is 10.6 Å². The lowest BCUT2D eigenvalue weighted by Gasteiger charge is -2.44. The zero-order chi connectivity index (χ0) is 26.1. The number of fused-ring (bicyclic) bond motifs is 5. The smallest absolute Gasteiger partial charge is 0.0667 e. The molecule has 0 bridgehead atoms. The lowest BCUT2D eigenvalue weighted by atomic mass is 9.63. The topological polar surface area (TPSA) is 27.3 Å². The van der Waals surface area contributed by atoms with Crippen LogP contribution in [0.3, 0.4) is 0 Å². The summed E-state index contributed by atoms with van der Waals surface area (Å²) in [6.45, 7) is 4.15. The second kappa shape index (κ2) is 8.59. The fraction of sp³-hybridized carbons (Fsp3) is 0.278. The summed E-state index contributed by atoms with van der Waals surface area (Å²) in [5.41, 5.74) is 12.5. The Morgan fingerprint density at radius 1 is 0.897 bits per heavy atom. The van der Waals surface area contributed by atoms with Crippen molar-refractivity contribution in [1.29, 1.82) is 0 Å². The molecule has 194 valence electrons. The number of likely N-dealkylation sites (N-methyl/N-ethyl adjacent to an activating group) is 1. The highest BCUT2D eigenvalue weighted by atomic mass is 15.2. The van der Waals surface area contributed by atoms with Gasteiger partial charge in [0, 0.05) is 42.4 Å². The molecule has 6 aliphatic rings. The number of allylic oxidation sites excluding steroid dienone is 7. The van der Waals surface area contributed by atoms with Gasteiger partial charge in [0.05, 0.1) is 11.5 Å². The third-order valence-corrected chi connectivity index (χ3v) is 9.90. The SMILES string of the molecule is CC1=C(C2(C3C=CCN3C)C3=C(CC(C4=CC5Nc6ccccc6C5C=C4)C=C3)c3ccccc32)C=CCN1. The van der Waals surface area contributed by atoms with Crippen molar-refractivity contribution < 1.29 is 0 Å². The predicted octanol–water partition coefficient (Wildman–Crippen LogP) is 6.65. The highest BCUT2D eigenvalue weighted by Crippen LogP contribution is 2.59. The van der Waals surface area contributed by atoms with Gasteiger partial charge in [-0.05, 0) is 65.4 Å². The molecule has 5 unspecified atom stereocenters. The van der Waals surface area contributed by atoms with Gasteiger partial charge in [-0.2, -0.15) is 0 Å². The van der Waals surface area contributed by atoms with Gasteiger partial charge in [-0.1, -0.05) is 97.1 Å². The maximum absolute atomic E-state index is 3.77. The van der Waals surface area contributed by atoms with Crippen LogP contribution in [-0.2, 0) is 5.41 Å². The van der Waals surface area contributed by atoms with Crippen LogP contribution in [0, 0.1) is 5.92 Å². The molecule has 5 atom stereocenters. The molecule has 0 amide bonds. The molecule has 0 radical (unpaired) electrons. The van der Waals surface area contributed by atoms with Crippen molar-refractivity contribution in [2.75, 3.05) is 25.5 Å². The first-order valence-electron chi connectivity index (χ1n) is 14.4. The highest BCUT2D eigenvalue weighted by Gasteiger charge is 2.54. The van der Waals surface area contributed by atoms with Gasteiger partial charge in [0.2, 0.25) is 0 Å². The van der Waals surface area contributed by atoms with Gasteiger partial charge in [0.15, 0.2) is 0 Å². The minimum absolute atomic E-state index is 0.223. The van der Waals surface area contributed by atoms with Gasteiger partial charge in [-0.15, -0.1) is 0 Å². The number of hydrogen-bond acceptors (Lipinski definition) is 3. The van der Waals surface area contributed by atoms with Crippen molar-refractivity contribution in [1.82, 2.24) is 10.2 Å². The molecular weight excluding hydrogens is 474 g/mol. The van der Waals surface area contributed by atoms with Crippen LogP contribution in [0.2, 0.25) is 0 Å². The monoisotopic (exact) mass is 509 g/mol. The molecule has 2 aromatic carbocycles. The van der Waals surface area contributed by atoms with Crippen LogP contribution in [0.4, 0.5) is 5.69 Å². The number of anilines is 1. The van der Waals surface area contributed by atoms with Crippen molar-refractivity contribution in [3.63, 3.8) is 0 Å². The molecule has 39 heavy (non-hydrogen) atoms. The van der Waals surface area contributed by atoms with E-state index in [0.29, 0.717) is 17.9 Å². The summed E-state index contributed by atoms with van der Waals surface area (Å²) in [5, 5.41) is 7.44. The van der Waals surface area contributed by atoms with Crippen LogP contribution in [-0.4, -0.2) is 37.1 Å². The van der Waals surface area contributed by atoms with Crippen molar-refractivity contribution in [2.45, 2.75) is 36.8 Å². The molecule has 2 N–H and O–H groups in total. The van der Waals surface area contributed by atoms with Crippen molar-refractivity contribution in [3.05, 3.63) is 142 Å². The Kier molecular flexibility index (Phi) is 5.09. The van der Waals surface area contributed by atoms with Gasteiger partial charge >= 0.3 is 0 Å². The van der Waals surface area contributed by atoms with Gasteiger partial charge in [0.25, 0.3) is 0 Å². The summed E-state index contributed by atoms with van der Waals surface area (Å²) < 4.78 is 0.